The van der Waals surface area contributed by atoms with Gasteiger partial charge in [0.2, 0.25) is 0 Å². The standard InChI is InChI=1S/C21H25N3O5/c1-4-11-29-17-8-6-16(7-9-17)21(26)22-14-20(25)24-23-13-15-5-10-18(27-2)19(12-15)28-3/h5-10,12-13H,4,11,14H2,1-3H3,(H,22,26)(H,24,25). The minimum Gasteiger partial charge on any atom is -0.494 e. The fourth-order valence-electron chi connectivity index (χ4n) is 2.34. The Balaban J connectivity index is 1.80. The summed E-state index contributed by atoms with van der Waals surface area (Å²) in [5.41, 5.74) is 3.52. The number of nitrogens with one attached hydrogen (secondary N) is 2. The molecule has 2 N–H and O–H groups in total. The van der Waals surface area contributed by atoms with Gasteiger partial charge in [0.25, 0.3) is 11.8 Å². The summed E-state index contributed by atoms with van der Waals surface area (Å²) < 4.78 is 15.8. The molecule has 0 heterocycles. The number of nitrogens with zero attached hydrogens (tertiary/aromatic N) is 1. The van der Waals surface area contributed by atoms with Crippen LogP contribution < -0.4 is 25.0 Å². The first-order valence-corrected chi connectivity index (χ1v) is 9.12. The van der Waals surface area contributed by atoms with Crippen molar-refractivity contribution in [2.45, 2.75) is 13.3 Å². The third kappa shape index (κ3) is 6.84. The van der Waals surface area contributed by atoms with E-state index in [4.69, 9.17) is 14.2 Å². The molecule has 0 radical (unpaired) electrons. The molecule has 0 spiro atoms. The topological polar surface area (TPSA) is 98.2 Å². The molecule has 154 valence electrons. The van der Waals surface area contributed by atoms with Crippen LogP contribution in [0.1, 0.15) is 29.3 Å². The molecule has 2 rings (SSSR count). The fourth-order valence-corrected chi connectivity index (χ4v) is 2.34. The van der Waals surface area contributed by atoms with E-state index in [9.17, 15) is 9.59 Å². The van der Waals surface area contributed by atoms with Crippen molar-refractivity contribution in [1.29, 1.82) is 0 Å². The molecule has 2 amide bonds. The second kappa shape index (κ2) is 11.3. The number of amides is 2. The van der Waals surface area contributed by atoms with Crippen molar-refractivity contribution in [1.82, 2.24) is 10.7 Å². The monoisotopic (exact) mass is 399 g/mol. The number of hydrazone groups is 1. The summed E-state index contributed by atoms with van der Waals surface area (Å²) in [6.45, 7) is 2.44. The molecular weight excluding hydrogens is 374 g/mol. The molecule has 0 unspecified atom stereocenters. The minimum atomic E-state index is -0.446. The molecule has 0 aliphatic heterocycles. The molecule has 8 nitrogen and oxygen atoms in total. The fraction of sp³-hybridized carbons (Fsp3) is 0.286. The van der Waals surface area contributed by atoms with Gasteiger partial charge in [-0.15, -0.1) is 0 Å². The molecule has 0 aromatic heterocycles. The van der Waals surface area contributed by atoms with Gasteiger partial charge in [0.1, 0.15) is 5.75 Å². The van der Waals surface area contributed by atoms with E-state index in [1.807, 2.05) is 6.92 Å². The molecule has 2 aromatic carbocycles. The van der Waals surface area contributed by atoms with E-state index < -0.39 is 5.91 Å². The highest BCUT2D eigenvalue weighted by Gasteiger charge is 2.08. The summed E-state index contributed by atoms with van der Waals surface area (Å²) in [6.07, 6.45) is 2.38. The van der Waals surface area contributed by atoms with E-state index in [1.54, 1.807) is 49.6 Å². The van der Waals surface area contributed by atoms with E-state index in [0.29, 0.717) is 29.4 Å². The Kier molecular flexibility index (Phi) is 8.50. The number of carbonyl (C=O) groups excluding carboxylic acids is 2. The second-order valence-electron chi connectivity index (χ2n) is 5.96. The minimum absolute atomic E-state index is 0.198. The summed E-state index contributed by atoms with van der Waals surface area (Å²) in [6, 6.07) is 12.0. The maximum absolute atomic E-state index is 12.1. The van der Waals surface area contributed by atoms with Crippen molar-refractivity contribution in [3.05, 3.63) is 53.6 Å². The van der Waals surface area contributed by atoms with Crippen molar-refractivity contribution in [2.24, 2.45) is 5.10 Å². The Bertz CT molecular complexity index is 850. The van der Waals surface area contributed by atoms with Crippen LogP contribution in [0.2, 0.25) is 0 Å². The Morgan fingerprint density at radius 2 is 1.76 bits per heavy atom. The van der Waals surface area contributed by atoms with Crippen LogP contribution in [-0.2, 0) is 4.79 Å². The zero-order valence-corrected chi connectivity index (χ0v) is 16.7. The highest BCUT2D eigenvalue weighted by molar-refractivity contribution is 5.96. The van der Waals surface area contributed by atoms with Gasteiger partial charge in [-0.1, -0.05) is 6.92 Å². The van der Waals surface area contributed by atoms with Crippen LogP contribution in [0.25, 0.3) is 0 Å². The molecule has 0 bridgehead atoms. The molecular formula is C21H25N3O5. The molecule has 0 aliphatic carbocycles. The molecule has 0 fully saturated rings. The highest BCUT2D eigenvalue weighted by Crippen LogP contribution is 2.26. The van der Waals surface area contributed by atoms with E-state index in [-0.39, 0.29) is 12.5 Å². The normalized spacial score (nSPS) is 10.4. The molecule has 0 aliphatic rings. The van der Waals surface area contributed by atoms with E-state index >= 15 is 0 Å². The summed E-state index contributed by atoms with van der Waals surface area (Å²) in [7, 11) is 3.09. The summed E-state index contributed by atoms with van der Waals surface area (Å²) in [5.74, 6) is 1.05. The maximum Gasteiger partial charge on any atom is 0.259 e. The smallest absolute Gasteiger partial charge is 0.259 e. The van der Waals surface area contributed by atoms with Crippen LogP contribution in [0.3, 0.4) is 0 Å². The molecule has 0 atom stereocenters. The highest BCUT2D eigenvalue weighted by atomic mass is 16.5. The summed E-state index contributed by atoms with van der Waals surface area (Å²) >= 11 is 0. The largest absolute Gasteiger partial charge is 0.494 e. The van der Waals surface area contributed by atoms with Gasteiger partial charge in [-0.05, 0) is 54.4 Å². The van der Waals surface area contributed by atoms with Crippen LogP contribution in [-0.4, -0.2) is 45.4 Å². The predicted octanol–water partition coefficient (Wildman–Crippen LogP) is 2.37. The number of methoxy groups -OCH3 is 2. The van der Waals surface area contributed by atoms with Crippen molar-refractivity contribution < 1.29 is 23.8 Å². The van der Waals surface area contributed by atoms with Gasteiger partial charge in [0.05, 0.1) is 33.6 Å². The van der Waals surface area contributed by atoms with Crippen LogP contribution >= 0.6 is 0 Å². The van der Waals surface area contributed by atoms with Gasteiger partial charge in [-0.3, -0.25) is 9.59 Å². The van der Waals surface area contributed by atoms with Crippen molar-refractivity contribution in [3.63, 3.8) is 0 Å². The third-order valence-electron chi connectivity index (χ3n) is 3.81. The number of rotatable bonds is 10. The zero-order valence-electron chi connectivity index (χ0n) is 16.7. The molecule has 29 heavy (non-hydrogen) atoms. The number of carbonyl (C=O) groups is 2. The first-order valence-electron chi connectivity index (χ1n) is 9.12. The van der Waals surface area contributed by atoms with E-state index in [2.05, 4.69) is 15.8 Å². The lowest BCUT2D eigenvalue weighted by atomic mass is 10.2. The van der Waals surface area contributed by atoms with E-state index in [1.165, 1.54) is 13.3 Å². The summed E-state index contributed by atoms with van der Waals surface area (Å²) in [4.78, 5) is 24.0. The van der Waals surface area contributed by atoms with Crippen molar-refractivity contribution in [2.75, 3.05) is 27.4 Å². The second-order valence-corrected chi connectivity index (χ2v) is 5.96. The molecule has 0 saturated carbocycles. The number of hydrogen-bond acceptors (Lipinski definition) is 6. The number of ether oxygens (including phenoxy) is 3. The van der Waals surface area contributed by atoms with Gasteiger partial charge in [-0.25, -0.2) is 5.43 Å². The van der Waals surface area contributed by atoms with Crippen LogP contribution in [0.4, 0.5) is 0 Å². The van der Waals surface area contributed by atoms with Crippen molar-refractivity contribution in [3.8, 4) is 17.2 Å². The Morgan fingerprint density at radius 1 is 1.03 bits per heavy atom. The zero-order chi connectivity index (χ0) is 21.1. The lowest BCUT2D eigenvalue weighted by Gasteiger charge is -2.07. The average molecular weight is 399 g/mol. The van der Waals surface area contributed by atoms with Crippen LogP contribution in [0.5, 0.6) is 17.2 Å². The molecule has 0 saturated heterocycles. The first-order chi connectivity index (χ1) is 14.1. The number of hydrogen-bond donors (Lipinski definition) is 2. The van der Waals surface area contributed by atoms with Gasteiger partial charge >= 0.3 is 0 Å². The lowest BCUT2D eigenvalue weighted by molar-refractivity contribution is -0.120. The van der Waals surface area contributed by atoms with Gasteiger partial charge in [0, 0.05) is 5.56 Å². The van der Waals surface area contributed by atoms with Crippen LogP contribution in [0, 0.1) is 0 Å². The Morgan fingerprint density at radius 3 is 2.41 bits per heavy atom. The quantitative estimate of drug-likeness (QED) is 0.472. The van der Waals surface area contributed by atoms with Gasteiger partial charge in [-0.2, -0.15) is 5.10 Å². The van der Waals surface area contributed by atoms with Gasteiger partial charge < -0.3 is 19.5 Å². The average Bonchev–Trinajstić information content (AvgIpc) is 2.76. The molecule has 8 heteroatoms. The molecule has 2 aromatic rings. The predicted molar refractivity (Wildman–Crippen MR) is 110 cm³/mol. The van der Waals surface area contributed by atoms with Crippen molar-refractivity contribution >= 4 is 18.0 Å². The van der Waals surface area contributed by atoms with E-state index in [0.717, 1.165) is 12.0 Å². The Hall–Kier alpha value is -3.55. The van der Waals surface area contributed by atoms with Gasteiger partial charge in [0.15, 0.2) is 11.5 Å². The Labute approximate surface area is 169 Å². The number of benzene rings is 2. The third-order valence-corrected chi connectivity index (χ3v) is 3.81. The SMILES string of the molecule is CCCOc1ccc(C(=O)NCC(=O)NN=Cc2ccc(OC)c(OC)c2)cc1. The summed E-state index contributed by atoms with van der Waals surface area (Å²) in [5, 5.41) is 6.42. The lowest BCUT2D eigenvalue weighted by Crippen LogP contribution is -2.34. The maximum atomic E-state index is 12.1. The van der Waals surface area contributed by atoms with Crippen LogP contribution in [0.15, 0.2) is 47.6 Å². The first kappa shape index (κ1) is 21.7.